The highest BCUT2D eigenvalue weighted by molar-refractivity contribution is 7.98. The van der Waals surface area contributed by atoms with Gasteiger partial charge in [-0.05, 0) is 23.4 Å². The quantitative estimate of drug-likeness (QED) is 0.692. The van der Waals surface area contributed by atoms with Gasteiger partial charge in [0.05, 0.1) is 18.4 Å². The van der Waals surface area contributed by atoms with Gasteiger partial charge >= 0.3 is 6.18 Å². The number of anilines is 1. The summed E-state index contributed by atoms with van der Waals surface area (Å²) in [6.45, 7) is 0. The number of hydrogen-bond acceptors (Lipinski definition) is 5. The summed E-state index contributed by atoms with van der Waals surface area (Å²) in [5, 5.41) is 11.4. The lowest BCUT2D eigenvalue weighted by Gasteiger charge is -2.09. The van der Waals surface area contributed by atoms with Gasteiger partial charge in [-0.1, -0.05) is 0 Å². The van der Waals surface area contributed by atoms with E-state index in [4.69, 9.17) is 5.73 Å². The molecule has 1 aromatic heterocycles. The lowest BCUT2D eigenvalue weighted by atomic mass is 10.2. The number of aryl methyl sites for hydroxylation is 1. The Kier molecular flexibility index (Phi) is 3.65. The Morgan fingerprint density at radius 2 is 2.11 bits per heavy atom. The molecule has 2 N–H and O–H groups in total. The van der Waals surface area contributed by atoms with Gasteiger partial charge in [0.15, 0.2) is 5.82 Å². The van der Waals surface area contributed by atoms with Gasteiger partial charge in [-0.15, -0.1) is 22.0 Å². The van der Waals surface area contributed by atoms with Crippen molar-refractivity contribution in [3.05, 3.63) is 29.6 Å². The average molecular weight is 289 g/mol. The monoisotopic (exact) mass is 289 g/mol. The highest BCUT2D eigenvalue weighted by Gasteiger charge is 2.30. The first-order chi connectivity index (χ1) is 8.86. The molecular weight excluding hydrogens is 279 g/mol. The van der Waals surface area contributed by atoms with Crippen molar-refractivity contribution in [2.75, 3.05) is 5.73 Å². The van der Waals surface area contributed by atoms with Gasteiger partial charge in [0.1, 0.15) is 0 Å². The van der Waals surface area contributed by atoms with Gasteiger partial charge in [-0.3, -0.25) is 0 Å². The van der Waals surface area contributed by atoms with Crippen molar-refractivity contribution in [1.29, 1.82) is 0 Å². The van der Waals surface area contributed by atoms with Crippen LogP contribution in [0.1, 0.15) is 11.4 Å². The van der Waals surface area contributed by atoms with Crippen LogP contribution in [0.4, 0.5) is 18.9 Å². The van der Waals surface area contributed by atoms with Crippen LogP contribution in [0.5, 0.6) is 0 Å². The van der Waals surface area contributed by atoms with Gasteiger partial charge in [0.25, 0.3) is 0 Å². The number of rotatable bonds is 3. The third-order valence-electron chi connectivity index (χ3n) is 2.24. The number of thioether (sulfide) groups is 1. The molecule has 0 aliphatic heterocycles. The third kappa shape index (κ3) is 3.37. The van der Waals surface area contributed by atoms with E-state index in [1.807, 2.05) is 0 Å². The fourth-order valence-electron chi connectivity index (χ4n) is 1.38. The largest absolute Gasteiger partial charge is 0.416 e. The van der Waals surface area contributed by atoms with Crippen LogP contribution in [0.3, 0.4) is 0 Å². The number of nitrogen functional groups attached to an aromatic ring is 1. The summed E-state index contributed by atoms with van der Waals surface area (Å²) >= 11 is 1.26. The van der Waals surface area contributed by atoms with E-state index in [0.717, 1.165) is 12.1 Å². The van der Waals surface area contributed by atoms with Gasteiger partial charge in [0, 0.05) is 10.6 Å². The number of nitrogens with two attached hydrogens (primary N) is 1. The molecule has 0 atom stereocenters. The van der Waals surface area contributed by atoms with E-state index in [1.54, 1.807) is 7.05 Å². The molecule has 0 amide bonds. The summed E-state index contributed by atoms with van der Waals surface area (Å²) in [4.78, 5) is 1.87. The smallest absolute Gasteiger partial charge is 0.398 e. The summed E-state index contributed by atoms with van der Waals surface area (Å²) in [6.07, 6.45) is -4.39. The maximum atomic E-state index is 12.5. The summed E-state index contributed by atoms with van der Waals surface area (Å²) in [7, 11) is 1.63. The fraction of sp³-hybridized carbons (Fsp3) is 0.300. The Hall–Kier alpha value is -1.77. The minimum absolute atomic E-state index is 0.0868. The molecular formula is C10H10F3N5S. The molecule has 0 saturated carbocycles. The molecule has 2 aromatic rings. The van der Waals surface area contributed by atoms with Gasteiger partial charge in [-0.2, -0.15) is 18.0 Å². The number of halogens is 3. The number of aromatic nitrogens is 4. The molecule has 19 heavy (non-hydrogen) atoms. The van der Waals surface area contributed by atoms with Crippen LogP contribution in [-0.2, 0) is 19.0 Å². The summed E-state index contributed by atoms with van der Waals surface area (Å²) < 4.78 is 37.4. The minimum atomic E-state index is -4.39. The molecule has 0 saturated heterocycles. The van der Waals surface area contributed by atoms with Crippen molar-refractivity contribution in [3.8, 4) is 0 Å². The van der Waals surface area contributed by atoms with Crippen LogP contribution in [0.2, 0.25) is 0 Å². The minimum Gasteiger partial charge on any atom is -0.398 e. The molecule has 2 rings (SSSR count). The number of alkyl halides is 3. The van der Waals surface area contributed by atoms with Crippen LogP contribution < -0.4 is 5.73 Å². The predicted octanol–water partition coefficient (Wildman–Crippen LogP) is 2.10. The van der Waals surface area contributed by atoms with Crippen molar-refractivity contribution in [3.63, 3.8) is 0 Å². The van der Waals surface area contributed by atoms with Crippen LogP contribution in [0.25, 0.3) is 0 Å². The van der Waals surface area contributed by atoms with Crippen LogP contribution in [-0.4, -0.2) is 20.2 Å². The maximum absolute atomic E-state index is 12.5. The van der Waals surface area contributed by atoms with Crippen molar-refractivity contribution in [1.82, 2.24) is 20.2 Å². The van der Waals surface area contributed by atoms with Crippen LogP contribution >= 0.6 is 11.8 Å². The standard InChI is InChI=1S/C10H10F3N5S/c1-18-16-9(15-17-18)5-19-8-3-2-6(4-7(8)14)10(11,12)13/h2-4H,5,14H2,1H3. The second-order valence-electron chi connectivity index (χ2n) is 3.73. The molecule has 0 spiro atoms. The zero-order chi connectivity index (χ0) is 14.0. The van der Waals surface area contributed by atoms with Crippen LogP contribution in [0.15, 0.2) is 23.1 Å². The molecule has 0 bridgehead atoms. The number of tetrazole rings is 1. The summed E-state index contributed by atoms with van der Waals surface area (Å²) in [5.74, 6) is 0.885. The molecule has 0 aliphatic rings. The Balaban J connectivity index is 2.09. The highest BCUT2D eigenvalue weighted by atomic mass is 32.2. The van der Waals surface area contributed by atoms with E-state index < -0.39 is 11.7 Å². The third-order valence-corrected chi connectivity index (χ3v) is 3.33. The Labute approximate surface area is 111 Å². The van der Waals surface area contributed by atoms with E-state index in [1.165, 1.54) is 22.6 Å². The van der Waals surface area contributed by atoms with Gasteiger partial charge < -0.3 is 5.73 Å². The van der Waals surface area contributed by atoms with E-state index >= 15 is 0 Å². The van der Waals surface area contributed by atoms with Crippen molar-refractivity contribution in [2.24, 2.45) is 7.05 Å². The van der Waals surface area contributed by atoms with E-state index in [-0.39, 0.29) is 5.69 Å². The van der Waals surface area contributed by atoms with E-state index in [9.17, 15) is 13.2 Å². The van der Waals surface area contributed by atoms with Crippen molar-refractivity contribution < 1.29 is 13.2 Å². The van der Waals surface area contributed by atoms with Gasteiger partial charge in [0.2, 0.25) is 0 Å². The van der Waals surface area contributed by atoms with E-state index in [2.05, 4.69) is 15.4 Å². The van der Waals surface area contributed by atoms with E-state index in [0.29, 0.717) is 16.5 Å². The number of nitrogens with zero attached hydrogens (tertiary/aromatic N) is 4. The second-order valence-corrected chi connectivity index (χ2v) is 4.75. The lowest BCUT2D eigenvalue weighted by molar-refractivity contribution is -0.137. The molecule has 0 aliphatic carbocycles. The molecule has 0 radical (unpaired) electrons. The van der Waals surface area contributed by atoms with Crippen LogP contribution in [0, 0.1) is 0 Å². The molecule has 9 heteroatoms. The number of hydrogen-bond donors (Lipinski definition) is 1. The number of benzene rings is 1. The molecule has 5 nitrogen and oxygen atoms in total. The topological polar surface area (TPSA) is 69.6 Å². The molecule has 1 heterocycles. The Morgan fingerprint density at radius 1 is 1.37 bits per heavy atom. The molecule has 0 fully saturated rings. The lowest BCUT2D eigenvalue weighted by Crippen LogP contribution is -2.05. The SMILES string of the molecule is Cn1nnc(CSc2ccc(C(F)(F)F)cc2N)n1. The summed E-state index contributed by atoms with van der Waals surface area (Å²) in [6, 6.07) is 3.27. The maximum Gasteiger partial charge on any atom is 0.416 e. The molecule has 1 aromatic carbocycles. The highest BCUT2D eigenvalue weighted by Crippen LogP contribution is 2.34. The van der Waals surface area contributed by atoms with Crippen molar-refractivity contribution in [2.45, 2.75) is 16.8 Å². The summed E-state index contributed by atoms with van der Waals surface area (Å²) in [5.41, 5.74) is 4.93. The normalized spacial score (nSPS) is 11.8. The first-order valence-corrected chi connectivity index (χ1v) is 6.17. The molecule has 102 valence electrons. The second kappa shape index (κ2) is 5.08. The Bertz CT molecular complexity index is 581. The predicted molar refractivity (Wildman–Crippen MR) is 64.2 cm³/mol. The molecule has 0 unspecified atom stereocenters. The first-order valence-electron chi connectivity index (χ1n) is 5.18. The zero-order valence-electron chi connectivity index (χ0n) is 9.85. The van der Waals surface area contributed by atoms with Crippen molar-refractivity contribution >= 4 is 17.4 Å². The average Bonchev–Trinajstić information content (AvgIpc) is 2.72. The Morgan fingerprint density at radius 3 is 2.63 bits per heavy atom. The van der Waals surface area contributed by atoms with Gasteiger partial charge in [-0.25, -0.2) is 0 Å². The fourth-order valence-corrected chi connectivity index (χ4v) is 2.17. The first kappa shape index (κ1) is 13.7. The zero-order valence-corrected chi connectivity index (χ0v) is 10.7.